The average Bonchev–Trinajstić information content (AvgIpc) is 3.79. The van der Waals surface area contributed by atoms with Gasteiger partial charge in [-0.3, -0.25) is 0 Å². The van der Waals surface area contributed by atoms with Gasteiger partial charge in [0.25, 0.3) is 0 Å². The standard InChI is InChI=1S/C27H32O7/c28-27(20-4-6-21(7-5-20)30-14-2-1-13-29-17-24-18-32-24)33-23-10-8-22(9-11-23)31-16-19-3-12-25-26(15-19)34-25/h4-11,19,24-26H,1-3,12-18H2. The van der Waals surface area contributed by atoms with Crippen molar-refractivity contribution in [2.45, 2.75) is 50.4 Å². The van der Waals surface area contributed by atoms with Crippen LogP contribution in [0.25, 0.3) is 0 Å². The summed E-state index contributed by atoms with van der Waals surface area (Å²) in [6.45, 7) is 3.54. The quantitative estimate of drug-likeness (QED) is 0.186. The number of rotatable bonds is 13. The van der Waals surface area contributed by atoms with Gasteiger partial charge >= 0.3 is 5.97 Å². The molecule has 0 aromatic heterocycles. The van der Waals surface area contributed by atoms with Crippen molar-refractivity contribution in [1.29, 1.82) is 0 Å². The first-order valence-electron chi connectivity index (χ1n) is 12.3. The van der Waals surface area contributed by atoms with Crippen LogP contribution in [0.15, 0.2) is 48.5 Å². The normalized spacial score (nSPS) is 24.7. The lowest BCUT2D eigenvalue weighted by atomic mass is 9.90. The van der Waals surface area contributed by atoms with E-state index in [1.54, 1.807) is 36.4 Å². The molecule has 1 saturated carbocycles. The number of hydrogen-bond acceptors (Lipinski definition) is 7. The number of fused-ring (bicyclic) bond motifs is 1. The summed E-state index contributed by atoms with van der Waals surface area (Å²) in [6, 6.07) is 14.2. The number of ether oxygens (including phenoxy) is 6. The van der Waals surface area contributed by atoms with Crippen molar-refractivity contribution in [1.82, 2.24) is 0 Å². The molecule has 2 aliphatic heterocycles. The topological polar surface area (TPSA) is 79.1 Å². The second-order valence-electron chi connectivity index (χ2n) is 9.17. The second-order valence-corrected chi connectivity index (χ2v) is 9.17. The minimum Gasteiger partial charge on any atom is -0.494 e. The molecule has 2 heterocycles. The van der Waals surface area contributed by atoms with E-state index in [2.05, 4.69) is 0 Å². The number of unbranched alkanes of at least 4 members (excludes halogenated alkanes) is 1. The fourth-order valence-electron chi connectivity index (χ4n) is 4.18. The molecule has 0 radical (unpaired) electrons. The van der Waals surface area contributed by atoms with Crippen molar-refractivity contribution < 1.29 is 33.2 Å². The van der Waals surface area contributed by atoms with Gasteiger partial charge in [0.15, 0.2) is 0 Å². The smallest absolute Gasteiger partial charge is 0.343 e. The Balaban J connectivity index is 0.989. The highest BCUT2D eigenvalue weighted by Gasteiger charge is 2.43. The lowest BCUT2D eigenvalue weighted by Crippen LogP contribution is -2.19. The van der Waals surface area contributed by atoms with E-state index >= 15 is 0 Å². The van der Waals surface area contributed by atoms with Gasteiger partial charge in [-0.15, -0.1) is 0 Å². The van der Waals surface area contributed by atoms with E-state index in [0.717, 1.165) is 56.8 Å². The summed E-state index contributed by atoms with van der Waals surface area (Å²) in [5, 5.41) is 0. The Morgan fingerprint density at radius 3 is 2.29 bits per heavy atom. The second kappa shape index (κ2) is 11.2. The highest BCUT2D eigenvalue weighted by atomic mass is 16.6. The van der Waals surface area contributed by atoms with Crippen molar-refractivity contribution in [3.63, 3.8) is 0 Å². The Morgan fingerprint density at radius 2 is 1.53 bits per heavy atom. The molecular weight excluding hydrogens is 436 g/mol. The van der Waals surface area contributed by atoms with Crippen LogP contribution in [-0.4, -0.2) is 57.3 Å². The van der Waals surface area contributed by atoms with E-state index in [4.69, 9.17) is 28.4 Å². The summed E-state index contributed by atoms with van der Waals surface area (Å²) < 4.78 is 33.3. The van der Waals surface area contributed by atoms with Crippen LogP contribution in [0.5, 0.6) is 17.2 Å². The largest absolute Gasteiger partial charge is 0.494 e. The monoisotopic (exact) mass is 468 g/mol. The lowest BCUT2D eigenvalue weighted by molar-refractivity contribution is 0.0734. The van der Waals surface area contributed by atoms with Gasteiger partial charge in [0, 0.05) is 6.61 Å². The zero-order chi connectivity index (χ0) is 23.2. The summed E-state index contributed by atoms with van der Waals surface area (Å²) in [5.74, 6) is 2.14. The molecular formula is C27H32O7. The van der Waals surface area contributed by atoms with Crippen molar-refractivity contribution in [2.24, 2.45) is 5.92 Å². The van der Waals surface area contributed by atoms with Gasteiger partial charge in [-0.2, -0.15) is 0 Å². The first-order chi connectivity index (χ1) is 16.7. The fourth-order valence-corrected chi connectivity index (χ4v) is 4.18. The Hall–Kier alpha value is -2.61. The maximum absolute atomic E-state index is 12.5. The van der Waals surface area contributed by atoms with Crippen molar-refractivity contribution in [2.75, 3.05) is 33.0 Å². The average molecular weight is 469 g/mol. The molecule has 0 bridgehead atoms. The number of hydrogen-bond donors (Lipinski definition) is 0. The van der Waals surface area contributed by atoms with Crippen molar-refractivity contribution in [3.05, 3.63) is 54.1 Å². The highest BCUT2D eigenvalue weighted by molar-refractivity contribution is 5.91. The van der Waals surface area contributed by atoms with E-state index in [9.17, 15) is 4.79 Å². The molecule has 7 heteroatoms. The number of benzene rings is 2. The molecule has 3 aliphatic rings. The van der Waals surface area contributed by atoms with Crippen LogP contribution >= 0.6 is 0 Å². The zero-order valence-electron chi connectivity index (χ0n) is 19.4. The number of epoxide rings is 2. The molecule has 0 N–H and O–H groups in total. The summed E-state index contributed by atoms with van der Waals surface area (Å²) in [7, 11) is 0. The van der Waals surface area contributed by atoms with Crippen LogP contribution in [0, 0.1) is 5.92 Å². The molecule has 4 unspecified atom stereocenters. The maximum atomic E-state index is 12.5. The van der Waals surface area contributed by atoms with E-state index in [1.165, 1.54) is 0 Å². The summed E-state index contributed by atoms with van der Waals surface area (Å²) in [5.41, 5.74) is 0.473. The van der Waals surface area contributed by atoms with Crippen molar-refractivity contribution in [3.8, 4) is 17.2 Å². The van der Waals surface area contributed by atoms with Crippen LogP contribution in [-0.2, 0) is 14.2 Å². The van der Waals surface area contributed by atoms with Crippen molar-refractivity contribution >= 4 is 5.97 Å². The molecule has 3 fully saturated rings. The highest BCUT2D eigenvalue weighted by Crippen LogP contribution is 2.39. The molecule has 2 aromatic rings. The Labute approximate surface area is 200 Å². The maximum Gasteiger partial charge on any atom is 0.343 e. The third-order valence-corrected chi connectivity index (χ3v) is 6.38. The molecule has 0 spiro atoms. The molecule has 1 aliphatic carbocycles. The van der Waals surface area contributed by atoms with Gasteiger partial charge < -0.3 is 28.4 Å². The molecule has 7 nitrogen and oxygen atoms in total. The van der Waals surface area contributed by atoms with Crippen LogP contribution in [0.3, 0.4) is 0 Å². The van der Waals surface area contributed by atoms with Crippen LogP contribution < -0.4 is 14.2 Å². The fraction of sp³-hybridized carbons (Fsp3) is 0.519. The van der Waals surface area contributed by atoms with E-state index in [0.29, 0.717) is 55.4 Å². The minimum absolute atomic E-state index is 0.312. The first-order valence-corrected chi connectivity index (χ1v) is 12.3. The summed E-state index contributed by atoms with van der Waals surface area (Å²) in [4.78, 5) is 12.5. The third-order valence-electron chi connectivity index (χ3n) is 6.38. The van der Waals surface area contributed by atoms with Gasteiger partial charge in [0.05, 0.1) is 44.2 Å². The van der Waals surface area contributed by atoms with Gasteiger partial charge in [-0.05, 0) is 86.6 Å². The Bertz CT molecular complexity index is 923. The van der Waals surface area contributed by atoms with Crippen LogP contribution in [0.2, 0.25) is 0 Å². The van der Waals surface area contributed by atoms with E-state index < -0.39 is 5.97 Å². The molecule has 182 valence electrons. The minimum atomic E-state index is -0.404. The molecule has 2 saturated heterocycles. The number of carbonyl (C=O) groups excluding carboxylic acids is 1. The van der Waals surface area contributed by atoms with Crippen LogP contribution in [0.4, 0.5) is 0 Å². The van der Waals surface area contributed by atoms with E-state index in [1.807, 2.05) is 12.1 Å². The van der Waals surface area contributed by atoms with E-state index in [-0.39, 0.29) is 0 Å². The zero-order valence-corrected chi connectivity index (χ0v) is 19.4. The SMILES string of the molecule is O=C(Oc1ccc(OCC2CCC3OC3C2)cc1)c1ccc(OCCCCOCC2CO2)cc1. The predicted octanol–water partition coefficient (Wildman–Crippen LogP) is 4.43. The van der Waals surface area contributed by atoms with Crippen LogP contribution in [0.1, 0.15) is 42.5 Å². The first kappa shape index (κ1) is 23.1. The summed E-state index contributed by atoms with van der Waals surface area (Å²) >= 11 is 0. The predicted molar refractivity (Wildman–Crippen MR) is 125 cm³/mol. The summed E-state index contributed by atoms with van der Waals surface area (Å²) in [6.07, 6.45) is 6.53. The number of esters is 1. The molecule has 4 atom stereocenters. The number of carbonyl (C=O) groups is 1. The van der Waals surface area contributed by atoms with Gasteiger partial charge in [-0.1, -0.05) is 0 Å². The van der Waals surface area contributed by atoms with Gasteiger partial charge in [-0.25, -0.2) is 4.79 Å². The van der Waals surface area contributed by atoms with Gasteiger partial charge in [0.2, 0.25) is 0 Å². The third kappa shape index (κ3) is 6.95. The Kier molecular flexibility index (Phi) is 7.63. The molecule has 2 aromatic carbocycles. The molecule has 0 amide bonds. The van der Waals surface area contributed by atoms with Gasteiger partial charge in [0.1, 0.15) is 23.4 Å². The molecule has 34 heavy (non-hydrogen) atoms. The lowest BCUT2D eigenvalue weighted by Gasteiger charge is -2.19. The Morgan fingerprint density at radius 1 is 0.824 bits per heavy atom. The molecule has 5 rings (SSSR count).